The molecule has 9 nitrogen and oxygen atoms in total. The van der Waals surface area contributed by atoms with Crippen LogP contribution in [-0.2, 0) is 23.7 Å². The molecule has 0 aromatic heterocycles. The van der Waals surface area contributed by atoms with Gasteiger partial charge >= 0.3 is 5.97 Å². The van der Waals surface area contributed by atoms with E-state index in [1.807, 2.05) is 0 Å². The van der Waals surface area contributed by atoms with E-state index in [2.05, 4.69) is 62.5 Å². The van der Waals surface area contributed by atoms with Gasteiger partial charge in [-0.1, -0.05) is 140 Å². The van der Waals surface area contributed by atoms with Gasteiger partial charge in [0.1, 0.15) is 30.5 Å². The smallest absolute Gasteiger partial charge is 0.306 e. The lowest BCUT2D eigenvalue weighted by Crippen LogP contribution is -2.59. The van der Waals surface area contributed by atoms with E-state index in [-0.39, 0.29) is 19.2 Å². The van der Waals surface area contributed by atoms with Crippen LogP contribution in [0.1, 0.15) is 149 Å². The van der Waals surface area contributed by atoms with Crippen molar-refractivity contribution in [2.45, 2.75) is 185 Å². The molecule has 0 aromatic carbocycles. The summed E-state index contributed by atoms with van der Waals surface area (Å²) in [6.07, 6.45) is 32.9. The quantitative estimate of drug-likeness (QED) is 0.0301. The Kier molecular flexibility index (Phi) is 31.4. The van der Waals surface area contributed by atoms with Gasteiger partial charge in [-0.25, -0.2) is 0 Å². The Bertz CT molecular complexity index is 916. The minimum absolute atomic E-state index is 0.117. The first-order valence-electron chi connectivity index (χ1n) is 20.2. The number of carbonyl (C=O) groups excluding carboxylic acids is 1. The van der Waals surface area contributed by atoms with Crippen molar-refractivity contribution in [3.63, 3.8) is 0 Å². The summed E-state index contributed by atoms with van der Waals surface area (Å²) >= 11 is 0. The first-order valence-corrected chi connectivity index (χ1v) is 20.2. The van der Waals surface area contributed by atoms with Crippen molar-refractivity contribution >= 4 is 5.97 Å². The Labute approximate surface area is 310 Å². The predicted octanol–water partition coefficient (Wildman–Crippen LogP) is 8.19. The third-order valence-electron chi connectivity index (χ3n) is 9.01. The lowest BCUT2D eigenvalue weighted by molar-refractivity contribution is -0.305. The highest BCUT2D eigenvalue weighted by Crippen LogP contribution is 2.22. The molecule has 1 heterocycles. The second-order valence-corrected chi connectivity index (χ2v) is 13.7. The first kappa shape index (κ1) is 47.2. The van der Waals surface area contributed by atoms with Crippen LogP contribution in [0.25, 0.3) is 0 Å². The van der Waals surface area contributed by atoms with Gasteiger partial charge in [0, 0.05) is 13.0 Å². The van der Waals surface area contributed by atoms with Crippen molar-refractivity contribution in [3.05, 3.63) is 48.6 Å². The third kappa shape index (κ3) is 25.7. The van der Waals surface area contributed by atoms with E-state index in [0.29, 0.717) is 13.0 Å². The lowest BCUT2D eigenvalue weighted by atomic mass is 9.99. The Hall–Kier alpha value is -1.85. The van der Waals surface area contributed by atoms with E-state index >= 15 is 0 Å². The van der Waals surface area contributed by atoms with Crippen LogP contribution in [0.3, 0.4) is 0 Å². The van der Waals surface area contributed by atoms with Gasteiger partial charge in [-0.05, 0) is 51.4 Å². The van der Waals surface area contributed by atoms with Gasteiger partial charge < -0.3 is 39.4 Å². The molecule has 1 saturated heterocycles. The molecular formula is C42H74O9. The monoisotopic (exact) mass is 723 g/mol. The molecule has 0 amide bonds. The molecule has 1 aliphatic rings. The summed E-state index contributed by atoms with van der Waals surface area (Å²) in [5.74, 6) is -0.326. The Morgan fingerprint density at radius 3 is 1.80 bits per heavy atom. The summed E-state index contributed by atoms with van der Waals surface area (Å²) in [7, 11) is 0. The fourth-order valence-electron chi connectivity index (χ4n) is 5.83. The van der Waals surface area contributed by atoms with Crippen molar-refractivity contribution in [2.75, 3.05) is 26.4 Å². The zero-order valence-electron chi connectivity index (χ0n) is 32.1. The second-order valence-electron chi connectivity index (χ2n) is 13.7. The first-order chi connectivity index (χ1) is 24.9. The Morgan fingerprint density at radius 1 is 0.647 bits per heavy atom. The molecule has 0 aliphatic carbocycles. The van der Waals surface area contributed by atoms with Crippen LogP contribution in [0.5, 0.6) is 0 Å². The topological polar surface area (TPSA) is 135 Å². The summed E-state index contributed by atoms with van der Waals surface area (Å²) in [6, 6.07) is 0. The van der Waals surface area contributed by atoms with Crippen molar-refractivity contribution < 1.29 is 44.2 Å². The van der Waals surface area contributed by atoms with Gasteiger partial charge in [0.15, 0.2) is 6.29 Å². The summed E-state index contributed by atoms with van der Waals surface area (Å²) in [5.41, 5.74) is 0. The molecule has 9 heteroatoms. The summed E-state index contributed by atoms with van der Waals surface area (Å²) in [5, 5.41) is 39.9. The average molecular weight is 723 g/mol. The third-order valence-corrected chi connectivity index (χ3v) is 9.01. The van der Waals surface area contributed by atoms with Crippen LogP contribution in [0.4, 0.5) is 0 Å². The molecule has 1 rings (SSSR count). The number of hydrogen-bond acceptors (Lipinski definition) is 9. The number of esters is 1. The number of unbranched alkanes of at least 4 members (excludes halogenated alkanes) is 14. The fraction of sp³-hybridized carbons (Fsp3) is 0.786. The summed E-state index contributed by atoms with van der Waals surface area (Å²) in [4.78, 5) is 12.7. The molecule has 4 N–H and O–H groups in total. The largest absolute Gasteiger partial charge is 0.457 e. The van der Waals surface area contributed by atoms with Gasteiger partial charge in [-0.3, -0.25) is 4.79 Å². The highest BCUT2D eigenvalue weighted by Gasteiger charge is 2.44. The van der Waals surface area contributed by atoms with E-state index < -0.39 is 43.4 Å². The summed E-state index contributed by atoms with van der Waals surface area (Å²) < 4.78 is 22.6. The highest BCUT2D eigenvalue weighted by molar-refractivity contribution is 5.69. The van der Waals surface area contributed by atoms with Crippen LogP contribution in [0.15, 0.2) is 48.6 Å². The standard InChI is InChI=1S/C42H74O9/c1-3-5-7-9-11-12-13-14-15-16-17-18-19-20-21-22-23-24-25-27-29-31-38(44)50-36(34-48-32-30-28-26-10-8-6-4-2)35-49-42-41(47)40(46)39(45)37(33-43)51-42/h5,7,11-12,14-15,17-18,36-37,39-43,45-47H,3-4,6,8-10,13,16,19-35H2,1-2H3/b7-5-,12-11-,15-14-,18-17-. The van der Waals surface area contributed by atoms with E-state index in [1.165, 1.54) is 64.2 Å². The van der Waals surface area contributed by atoms with E-state index in [1.54, 1.807) is 0 Å². The number of carbonyl (C=O) groups is 1. The van der Waals surface area contributed by atoms with Crippen LogP contribution in [0, 0.1) is 0 Å². The van der Waals surface area contributed by atoms with E-state index in [9.17, 15) is 25.2 Å². The molecule has 51 heavy (non-hydrogen) atoms. The Balaban J connectivity index is 2.23. The van der Waals surface area contributed by atoms with Crippen molar-refractivity contribution in [2.24, 2.45) is 0 Å². The molecule has 296 valence electrons. The fourth-order valence-corrected chi connectivity index (χ4v) is 5.83. The molecule has 1 aliphatic heterocycles. The zero-order chi connectivity index (χ0) is 37.2. The van der Waals surface area contributed by atoms with Gasteiger partial charge in [0.05, 0.1) is 19.8 Å². The maximum Gasteiger partial charge on any atom is 0.306 e. The number of aliphatic hydroxyl groups is 4. The van der Waals surface area contributed by atoms with E-state index in [4.69, 9.17) is 18.9 Å². The normalized spacial score (nSPS) is 21.9. The second kappa shape index (κ2) is 34.0. The minimum atomic E-state index is -1.54. The minimum Gasteiger partial charge on any atom is -0.457 e. The van der Waals surface area contributed by atoms with Crippen LogP contribution in [-0.4, -0.2) is 89.6 Å². The molecular weight excluding hydrogens is 648 g/mol. The lowest BCUT2D eigenvalue weighted by Gasteiger charge is -2.39. The predicted molar refractivity (Wildman–Crippen MR) is 205 cm³/mol. The van der Waals surface area contributed by atoms with Gasteiger partial charge in [0.2, 0.25) is 0 Å². The molecule has 6 atom stereocenters. The SMILES string of the molecule is CC/C=C\C/C=C\C/C=C\C/C=C\CCCCCCCCCCC(=O)OC(COCCCCCCCCC)COC1OC(CO)C(O)C(O)C1O. The van der Waals surface area contributed by atoms with Crippen molar-refractivity contribution in [1.29, 1.82) is 0 Å². The van der Waals surface area contributed by atoms with Crippen molar-refractivity contribution in [1.82, 2.24) is 0 Å². The molecule has 0 bridgehead atoms. The number of ether oxygens (including phenoxy) is 4. The highest BCUT2D eigenvalue weighted by atomic mass is 16.7. The molecule has 6 unspecified atom stereocenters. The van der Waals surface area contributed by atoms with Crippen molar-refractivity contribution in [3.8, 4) is 0 Å². The Morgan fingerprint density at radius 2 is 1.20 bits per heavy atom. The van der Waals surface area contributed by atoms with Crippen LogP contribution in [0.2, 0.25) is 0 Å². The molecule has 0 spiro atoms. The van der Waals surface area contributed by atoms with Gasteiger partial charge in [0.25, 0.3) is 0 Å². The molecule has 1 fully saturated rings. The maximum atomic E-state index is 12.7. The molecule has 0 saturated carbocycles. The van der Waals surface area contributed by atoms with Crippen LogP contribution >= 0.6 is 0 Å². The number of allylic oxidation sites excluding steroid dienone is 8. The number of aliphatic hydroxyl groups excluding tert-OH is 4. The van der Waals surface area contributed by atoms with Gasteiger partial charge in [-0.15, -0.1) is 0 Å². The van der Waals surface area contributed by atoms with Crippen LogP contribution < -0.4 is 0 Å². The zero-order valence-corrected chi connectivity index (χ0v) is 32.1. The average Bonchev–Trinajstić information content (AvgIpc) is 3.13. The molecule has 0 aromatic rings. The molecule has 0 radical (unpaired) electrons. The number of rotatable bonds is 33. The van der Waals surface area contributed by atoms with E-state index in [0.717, 1.165) is 64.2 Å². The summed E-state index contributed by atoms with van der Waals surface area (Å²) in [6.45, 7) is 4.38. The number of hydrogen-bond donors (Lipinski definition) is 4. The maximum absolute atomic E-state index is 12.7. The van der Waals surface area contributed by atoms with Gasteiger partial charge in [-0.2, -0.15) is 0 Å².